The van der Waals surface area contributed by atoms with Gasteiger partial charge in [-0.15, -0.1) is 12.4 Å². The Kier molecular flexibility index (Phi) is 2.74. The van der Waals surface area contributed by atoms with E-state index in [-0.39, 0.29) is 12.4 Å². The van der Waals surface area contributed by atoms with Crippen LogP contribution < -0.4 is 0 Å². The molecule has 1 saturated carbocycles. The molecule has 0 amide bonds. The minimum absolute atomic E-state index is 0. The van der Waals surface area contributed by atoms with Crippen molar-refractivity contribution < 1.29 is 10.2 Å². The topological polar surface area (TPSA) is 40.5 Å². The SMILES string of the molecule is CC1(O)CCCC1(C)O.Cl. The largest absolute Gasteiger partial charge is 0.387 e. The zero-order valence-corrected chi connectivity index (χ0v) is 7.24. The average molecular weight is 167 g/mol. The van der Waals surface area contributed by atoms with Crippen LogP contribution in [0.3, 0.4) is 0 Å². The molecule has 0 aromatic heterocycles. The molecule has 2 atom stereocenters. The van der Waals surface area contributed by atoms with Crippen LogP contribution in [0.2, 0.25) is 0 Å². The van der Waals surface area contributed by atoms with Crippen LogP contribution in [-0.4, -0.2) is 21.4 Å². The molecule has 0 saturated heterocycles. The molecular formula is C7H15ClO2. The van der Waals surface area contributed by atoms with E-state index in [2.05, 4.69) is 0 Å². The van der Waals surface area contributed by atoms with E-state index >= 15 is 0 Å². The first kappa shape index (κ1) is 10.2. The van der Waals surface area contributed by atoms with Crippen molar-refractivity contribution >= 4 is 12.4 Å². The Morgan fingerprint density at radius 1 is 1.00 bits per heavy atom. The van der Waals surface area contributed by atoms with Gasteiger partial charge in [-0.1, -0.05) is 0 Å². The zero-order chi connectivity index (χ0) is 7.12. The van der Waals surface area contributed by atoms with Crippen molar-refractivity contribution in [2.75, 3.05) is 0 Å². The molecule has 2 nitrogen and oxygen atoms in total. The van der Waals surface area contributed by atoms with E-state index in [1.54, 1.807) is 13.8 Å². The second kappa shape index (κ2) is 2.68. The molecule has 1 rings (SSSR count). The third-order valence-electron chi connectivity index (χ3n) is 2.49. The zero-order valence-electron chi connectivity index (χ0n) is 6.42. The number of aliphatic hydroxyl groups is 2. The Balaban J connectivity index is 0.000000810. The van der Waals surface area contributed by atoms with Gasteiger partial charge in [0, 0.05) is 0 Å². The van der Waals surface area contributed by atoms with Crippen LogP contribution in [0.25, 0.3) is 0 Å². The molecule has 0 aliphatic heterocycles. The molecule has 10 heavy (non-hydrogen) atoms. The van der Waals surface area contributed by atoms with E-state index in [0.29, 0.717) is 0 Å². The van der Waals surface area contributed by atoms with Crippen LogP contribution in [0.1, 0.15) is 33.1 Å². The summed E-state index contributed by atoms with van der Waals surface area (Å²) in [7, 11) is 0. The van der Waals surface area contributed by atoms with Crippen LogP contribution in [0.5, 0.6) is 0 Å². The molecule has 62 valence electrons. The first-order valence-electron chi connectivity index (χ1n) is 3.40. The lowest BCUT2D eigenvalue weighted by atomic mass is 9.90. The smallest absolute Gasteiger partial charge is 0.0902 e. The van der Waals surface area contributed by atoms with Crippen LogP contribution in [0.4, 0.5) is 0 Å². The van der Waals surface area contributed by atoms with E-state index in [1.165, 1.54) is 0 Å². The Morgan fingerprint density at radius 3 is 1.40 bits per heavy atom. The van der Waals surface area contributed by atoms with Crippen LogP contribution in [0, 0.1) is 0 Å². The molecule has 1 fully saturated rings. The fourth-order valence-electron chi connectivity index (χ4n) is 1.32. The fraction of sp³-hybridized carbons (Fsp3) is 1.00. The van der Waals surface area contributed by atoms with Gasteiger partial charge in [-0.05, 0) is 33.1 Å². The van der Waals surface area contributed by atoms with E-state index in [0.717, 1.165) is 19.3 Å². The first-order chi connectivity index (χ1) is 3.96. The quantitative estimate of drug-likeness (QED) is 0.566. The van der Waals surface area contributed by atoms with E-state index in [1.807, 2.05) is 0 Å². The summed E-state index contributed by atoms with van der Waals surface area (Å²) < 4.78 is 0. The predicted molar refractivity (Wildman–Crippen MR) is 42.3 cm³/mol. The van der Waals surface area contributed by atoms with E-state index < -0.39 is 11.2 Å². The van der Waals surface area contributed by atoms with Crippen molar-refractivity contribution in [3.8, 4) is 0 Å². The molecule has 1 aliphatic rings. The second-order valence-electron chi connectivity index (χ2n) is 3.40. The number of rotatable bonds is 0. The van der Waals surface area contributed by atoms with Crippen molar-refractivity contribution in [3.63, 3.8) is 0 Å². The summed E-state index contributed by atoms with van der Waals surface area (Å²) in [6.07, 6.45) is 2.38. The van der Waals surface area contributed by atoms with Gasteiger partial charge in [0.25, 0.3) is 0 Å². The van der Waals surface area contributed by atoms with Gasteiger partial charge in [0.15, 0.2) is 0 Å². The summed E-state index contributed by atoms with van der Waals surface area (Å²) in [5.74, 6) is 0. The highest BCUT2D eigenvalue weighted by atomic mass is 35.5. The van der Waals surface area contributed by atoms with Crippen LogP contribution in [0.15, 0.2) is 0 Å². The minimum atomic E-state index is -0.854. The Labute approximate surface area is 67.7 Å². The lowest BCUT2D eigenvalue weighted by molar-refractivity contribution is -0.107. The summed E-state index contributed by atoms with van der Waals surface area (Å²) >= 11 is 0. The number of hydrogen-bond donors (Lipinski definition) is 2. The maximum atomic E-state index is 9.47. The Bertz CT molecular complexity index is 107. The Morgan fingerprint density at radius 2 is 1.30 bits per heavy atom. The normalized spacial score (nSPS) is 46.8. The summed E-state index contributed by atoms with van der Waals surface area (Å²) in [4.78, 5) is 0. The van der Waals surface area contributed by atoms with Crippen molar-refractivity contribution in [1.29, 1.82) is 0 Å². The number of halogens is 1. The van der Waals surface area contributed by atoms with Gasteiger partial charge in [-0.2, -0.15) is 0 Å². The molecule has 0 bridgehead atoms. The third kappa shape index (κ3) is 1.44. The molecule has 2 unspecified atom stereocenters. The standard InChI is InChI=1S/C7H14O2.ClH/c1-6(8)4-3-5-7(6,2)9;/h8-9H,3-5H2,1-2H3;1H. The minimum Gasteiger partial charge on any atom is -0.387 e. The highest BCUT2D eigenvalue weighted by Crippen LogP contribution is 2.38. The lowest BCUT2D eigenvalue weighted by Crippen LogP contribution is -2.44. The predicted octanol–water partition coefficient (Wildman–Crippen LogP) is 1.09. The number of hydrogen-bond acceptors (Lipinski definition) is 2. The van der Waals surface area contributed by atoms with Crippen LogP contribution in [-0.2, 0) is 0 Å². The first-order valence-corrected chi connectivity index (χ1v) is 3.40. The van der Waals surface area contributed by atoms with Gasteiger partial charge < -0.3 is 10.2 Å². The molecule has 0 aromatic carbocycles. The Hall–Kier alpha value is 0.210. The maximum absolute atomic E-state index is 9.47. The summed E-state index contributed by atoms with van der Waals surface area (Å²) in [5, 5.41) is 18.9. The van der Waals surface area contributed by atoms with Gasteiger partial charge in [0.1, 0.15) is 0 Å². The van der Waals surface area contributed by atoms with Gasteiger partial charge in [0.05, 0.1) is 11.2 Å². The van der Waals surface area contributed by atoms with Crippen molar-refractivity contribution in [3.05, 3.63) is 0 Å². The fourth-order valence-corrected chi connectivity index (χ4v) is 1.32. The molecule has 1 aliphatic carbocycles. The van der Waals surface area contributed by atoms with Crippen LogP contribution >= 0.6 is 12.4 Å². The summed E-state index contributed by atoms with van der Waals surface area (Å²) in [6.45, 7) is 3.39. The van der Waals surface area contributed by atoms with Gasteiger partial charge in [-0.25, -0.2) is 0 Å². The second-order valence-corrected chi connectivity index (χ2v) is 3.40. The van der Waals surface area contributed by atoms with Crippen molar-refractivity contribution in [2.45, 2.75) is 44.3 Å². The maximum Gasteiger partial charge on any atom is 0.0902 e. The summed E-state index contributed by atoms with van der Waals surface area (Å²) in [6, 6.07) is 0. The molecular weight excluding hydrogens is 152 g/mol. The highest BCUT2D eigenvalue weighted by Gasteiger charge is 2.45. The van der Waals surface area contributed by atoms with Crippen molar-refractivity contribution in [2.24, 2.45) is 0 Å². The third-order valence-corrected chi connectivity index (χ3v) is 2.49. The lowest BCUT2D eigenvalue weighted by Gasteiger charge is -2.31. The van der Waals surface area contributed by atoms with Gasteiger partial charge in [0.2, 0.25) is 0 Å². The van der Waals surface area contributed by atoms with Crippen molar-refractivity contribution in [1.82, 2.24) is 0 Å². The monoisotopic (exact) mass is 166 g/mol. The molecule has 0 spiro atoms. The summed E-state index contributed by atoms with van der Waals surface area (Å²) in [5.41, 5.74) is -1.71. The molecule has 3 heteroatoms. The highest BCUT2D eigenvalue weighted by molar-refractivity contribution is 5.85. The molecule has 2 N–H and O–H groups in total. The molecule has 0 aromatic rings. The van der Waals surface area contributed by atoms with Gasteiger partial charge >= 0.3 is 0 Å². The average Bonchev–Trinajstić information content (AvgIpc) is 1.81. The molecule has 0 heterocycles. The van der Waals surface area contributed by atoms with Gasteiger partial charge in [-0.3, -0.25) is 0 Å². The molecule has 0 radical (unpaired) electrons. The van der Waals surface area contributed by atoms with E-state index in [9.17, 15) is 10.2 Å². The van der Waals surface area contributed by atoms with E-state index in [4.69, 9.17) is 0 Å².